The molecule has 3 heteroatoms. The highest BCUT2D eigenvalue weighted by atomic mass is 15.0. The predicted octanol–water partition coefficient (Wildman–Crippen LogP) is 3.45. The van der Waals surface area contributed by atoms with Crippen molar-refractivity contribution < 1.29 is 0 Å². The van der Waals surface area contributed by atoms with Gasteiger partial charge in [-0.15, -0.1) is 0 Å². The number of benzene rings is 1. The molecular formula is C14H17N3. The average Bonchev–Trinajstić information content (AvgIpc) is 2.30. The standard InChI is InChI=1S/C14H17N3/c1-9-6-5-7-13(11(9)3)17-14-10(2)8-15-12(4)16-14/h5-8H,1-4H3,(H,15,16,17). The maximum absolute atomic E-state index is 4.42. The van der Waals surface area contributed by atoms with E-state index in [0.717, 1.165) is 22.9 Å². The van der Waals surface area contributed by atoms with Gasteiger partial charge in [0.15, 0.2) is 0 Å². The smallest absolute Gasteiger partial charge is 0.137 e. The summed E-state index contributed by atoms with van der Waals surface area (Å²) < 4.78 is 0. The summed E-state index contributed by atoms with van der Waals surface area (Å²) >= 11 is 0. The van der Waals surface area contributed by atoms with Gasteiger partial charge in [-0.25, -0.2) is 9.97 Å². The second kappa shape index (κ2) is 4.53. The van der Waals surface area contributed by atoms with Crippen molar-refractivity contribution in [3.05, 3.63) is 46.9 Å². The van der Waals surface area contributed by atoms with Crippen molar-refractivity contribution in [1.82, 2.24) is 9.97 Å². The molecule has 0 saturated carbocycles. The van der Waals surface area contributed by atoms with Crippen LogP contribution in [0.3, 0.4) is 0 Å². The number of hydrogen-bond donors (Lipinski definition) is 1. The van der Waals surface area contributed by atoms with Crippen molar-refractivity contribution in [2.45, 2.75) is 27.7 Å². The largest absolute Gasteiger partial charge is 0.340 e. The molecule has 0 saturated heterocycles. The third-order valence-electron chi connectivity index (χ3n) is 2.95. The molecule has 2 rings (SSSR count). The first-order valence-corrected chi connectivity index (χ1v) is 5.71. The molecule has 17 heavy (non-hydrogen) atoms. The van der Waals surface area contributed by atoms with Gasteiger partial charge in [-0.05, 0) is 44.9 Å². The Bertz CT molecular complexity index is 547. The normalized spacial score (nSPS) is 10.4. The number of rotatable bonds is 2. The van der Waals surface area contributed by atoms with E-state index in [2.05, 4.69) is 41.3 Å². The maximum Gasteiger partial charge on any atom is 0.137 e. The maximum atomic E-state index is 4.42. The highest BCUT2D eigenvalue weighted by Gasteiger charge is 2.05. The van der Waals surface area contributed by atoms with E-state index in [4.69, 9.17) is 0 Å². The lowest BCUT2D eigenvalue weighted by molar-refractivity contribution is 1.03. The van der Waals surface area contributed by atoms with Gasteiger partial charge < -0.3 is 5.32 Å². The Kier molecular flexibility index (Phi) is 3.09. The minimum absolute atomic E-state index is 0.781. The molecule has 2 aromatic rings. The summed E-state index contributed by atoms with van der Waals surface area (Å²) in [6.45, 7) is 8.13. The zero-order valence-corrected chi connectivity index (χ0v) is 10.7. The summed E-state index contributed by atoms with van der Waals surface area (Å²) in [5.41, 5.74) is 4.68. The molecular weight excluding hydrogens is 210 g/mol. The Labute approximate surface area is 102 Å². The molecule has 0 bridgehead atoms. The monoisotopic (exact) mass is 227 g/mol. The third kappa shape index (κ3) is 2.44. The van der Waals surface area contributed by atoms with E-state index in [-0.39, 0.29) is 0 Å². The highest BCUT2D eigenvalue weighted by molar-refractivity contribution is 5.63. The van der Waals surface area contributed by atoms with Crippen LogP contribution in [0.2, 0.25) is 0 Å². The van der Waals surface area contributed by atoms with Gasteiger partial charge in [0.05, 0.1) is 0 Å². The number of nitrogens with one attached hydrogen (secondary N) is 1. The summed E-state index contributed by atoms with van der Waals surface area (Å²) in [7, 11) is 0. The van der Waals surface area contributed by atoms with Crippen molar-refractivity contribution in [2.75, 3.05) is 5.32 Å². The third-order valence-corrected chi connectivity index (χ3v) is 2.95. The second-order valence-electron chi connectivity index (χ2n) is 4.32. The lowest BCUT2D eigenvalue weighted by atomic mass is 10.1. The summed E-state index contributed by atoms with van der Waals surface area (Å²) in [6, 6.07) is 6.23. The van der Waals surface area contributed by atoms with E-state index < -0.39 is 0 Å². The zero-order chi connectivity index (χ0) is 12.4. The van der Waals surface area contributed by atoms with Crippen LogP contribution in [0.4, 0.5) is 11.5 Å². The molecule has 1 N–H and O–H groups in total. The average molecular weight is 227 g/mol. The van der Waals surface area contributed by atoms with Gasteiger partial charge in [0.25, 0.3) is 0 Å². The highest BCUT2D eigenvalue weighted by Crippen LogP contribution is 2.23. The van der Waals surface area contributed by atoms with Gasteiger partial charge in [-0.1, -0.05) is 12.1 Å². The van der Waals surface area contributed by atoms with Crippen LogP contribution in [0.25, 0.3) is 0 Å². The van der Waals surface area contributed by atoms with E-state index >= 15 is 0 Å². The van der Waals surface area contributed by atoms with Gasteiger partial charge in [0.1, 0.15) is 11.6 Å². The van der Waals surface area contributed by atoms with Crippen molar-refractivity contribution in [3.63, 3.8) is 0 Å². The first-order valence-electron chi connectivity index (χ1n) is 5.71. The predicted molar refractivity (Wildman–Crippen MR) is 70.7 cm³/mol. The van der Waals surface area contributed by atoms with Crippen LogP contribution in [0.5, 0.6) is 0 Å². The van der Waals surface area contributed by atoms with E-state index in [1.807, 2.05) is 26.1 Å². The Balaban J connectivity index is 2.38. The summed E-state index contributed by atoms with van der Waals surface area (Å²) in [6.07, 6.45) is 1.84. The van der Waals surface area contributed by atoms with Crippen LogP contribution in [-0.4, -0.2) is 9.97 Å². The second-order valence-corrected chi connectivity index (χ2v) is 4.32. The summed E-state index contributed by atoms with van der Waals surface area (Å²) in [5.74, 6) is 1.66. The number of hydrogen-bond acceptors (Lipinski definition) is 3. The van der Waals surface area contributed by atoms with E-state index in [9.17, 15) is 0 Å². The minimum atomic E-state index is 0.781. The molecule has 0 fully saturated rings. The molecule has 0 unspecified atom stereocenters. The van der Waals surface area contributed by atoms with Gasteiger partial charge in [-0.3, -0.25) is 0 Å². The van der Waals surface area contributed by atoms with Gasteiger partial charge in [-0.2, -0.15) is 0 Å². The van der Waals surface area contributed by atoms with Gasteiger partial charge >= 0.3 is 0 Å². The fourth-order valence-electron chi connectivity index (χ4n) is 1.67. The molecule has 1 heterocycles. The Morgan fingerprint density at radius 2 is 1.76 bits per heavy atom. The Morgan fingerprint density at radius 3 is 2.53 bits per heavy atom. The fraction of sp³-hybridized carbons (Fsp3) is 0.286. The Morgan fingerprint density at radius 1 is 1.00 bits per heavy atom. The fourth-order valence-corrected chi connectivity index (χ4v) is 1.67. The molecule has 0 aliphatic heterocycles. The molecule has 88 valence electrons. The molecule has 0 amide bonds. The SMILES string of the molecule is Cc1ncc(C)c(Nc2cccc(C)c2C)n1. The van der Waals surface area contributed by atoms with Crippen molar-refractivity contribution in [1.29, 1.82) is 0 Å². The Hall–Kier alpha value is -1.90. The van der Waals surface area contributed by atoms with Crippen molar-refractivity contribution in [2.24, 2.45) is 0 Å². The van der Waals surface area contributed by atoms with Crippen LogP contribution in [-0.2, 0) is 0 Å². The van der Waals surface area contributed by atoms with Gasteiger partial charge in [0.2, 0.25) is 0 Å². The van der Waals surface area contributed by atoms with Crippen LogP contribution in [0.15, 0.2) is 24.4 Å². The lowest BCUT2D eigenvalue weighted by Crippen LogP contribution is -2.01. The first kappa shape index (κ1) is 11.6. The van der Waals surface area contributed by atoms with Crippen LogP contribution in [0.1, 0.15) is 22.5 Å². The molecule has 1 aromatic heterocycles. The van der Waals surface area contributed by atoms with Crippen LogP contribution < -0.4 is 5.32 Å². The first-order chi connectivity index (χ1) is 8.08. The quantitative estimate of drug-likeness (QED) is 0.853. The topological polar surface area (TPSA) is 37.8 Å². The summed E-state index contributed by atoms with van der Waals surface area (Å²) in [5, 5.41) is 3.37. The molecule has 0 atom stereocenters. The molecule has 1 aromatic carbocycles. The van der Waals surface area contributed by atoms with E-state index in [1.165, 1.54) is 11.1 Å². The molecule has 0 radical (unpaired) electrons. The van der Waals surface area contributed by atoms with Crippen molar-refractivity contribution >= 4 is 11.5 Å². The molecule has 3 nitrogen and oxygen atoms in total. The van der Waals surface area contributed by atoms with Gasteiger partial charge in [0, 0.05) is 17.4 Å². The van der Waals surface area contributed by atoms with Crippen molar-refractivity contribution in [3.8, 4) is 0 Å². The summed E-state index contributed by atoms with van der Waals surface area (Å²) in [4.78, 5) is 8.59. The molecule has 0 aliphatic carbocycles. The number of aryl methyl sites for hydroxylation is 3. The number of nitrogens with zero attached hydrogens (tertiary/aromatic N) is 2. The van der Waals surface area contributed by atoms with E-state index in [1.54, 1.807) is 0 Å². The van der Waals surface area contributed by atoms with Crippen LogP contribution >= 0.6 is 0 Å². The lowest BCUT2D eigenvalue weighted by Gasteiger charge is -2.12. The molecule has 0 spiro atoms. The van der Waals surface area contributed by atoms with Crippen LogP contribution in [0, 0.1) is 27.7 Å². The number of aromatic nitrogens is 2. The number of anilines is 2. The minimum Gasteiger partial charge on any atom is -0.340 e. The zero-order valence-electron chi connectivity index (χ0n) is 10.7. The van der Waals surface area contributed by atoms with E-state index in [0.29, 0.717) is 0 Å². The molecule has 0 aliphatic rings.